The number of hydrogen-bond acceptors (Lipinski definition) is 5. The molecular weight excluding hydrogens is 406 g/mol. The molecule has 0 saturated carbocycles. The molecule has 8 heteroatoms. The summed E-state index contributed by atoms with van der Waals surface area (Å²) in [4.78, 5) is 14.5. The van der Waals surface area contributed by atoms with Crippen LogP contribution in [0, 0.1) is 0 Å². The minimum absolute atomic E-state index is 0.00358. The fraction of sp³-hybridized carbons (Fsp3) is 0.286. The molecule has 2 aliphatic rings. The van der Waals surface area contributed by atoms with Crippen molar-refractivity contribution in [3.8, 4) is 0 Å². The van der Waals surface area contributed by atoms with Gasteiger partial charge in [0.2, 0.25) is 0 Å². The van der Waals surface area contributed by atoms with Gasteiger partial charge in [0.1, 0.15) is 4.32 Å². The average Bonchev–Trinajstić information content (AvgIpc) is 2.90. The predicted molar refractivity (Wildman–Crippen MR) is 96.2 cm³/mol. The molecule has 1 aromatic carbocycles. The SMILES string of the molecule is O=C1C(=Cc2cccc(Br)c2)SC(=S)N1C1CCS(=O)(=O)C1. The fourth-order valence-corrected chi connectivity index (χ4v) is 6.04. The van der Waals surface area contributed by atoms with E-state index >= 15 is 0 Å². The van der Waals surface area contributed by atoms with Gasteiger partial charge in [-0.15, -0.1) is 0 Å². The van der Waals surface area contributed by atoms with E-state index in [1.807, 2.05) is 24.3 Å². The molecule has 0 spiro atoms. The third kappa shape index (κ3) is 3.29. The van der Waals surface area contributed by atoms with Crippen LogP contribution in [-0.2, 0) is 14.6 Å². The van der Waals surface area contributed by atoms with Crippen LogP contribution in [0.25, 0.3) is 6.08 Å². The van der Waals surface area contributed by atoms with E-state index in [0.717, 1.165) is 10.0 Å². The normalized spacial score (nSPS) is 26.1. The number of thiocarbonyl (C=S) groups is 1. The standard InChI is InChI=1S/C14H12BrNO3S3/c15-10-3-1-2-9(6-10)7-12-13(17)16(14(20)21-12)11-4-5-22(18,19)8-11/h1-3,6-7,11H,4-5,8H2. The summed E-state index contributed by atoms with van der Waals surface area (Å²) in [6.45, 7) is 0. The van der Waals surface area contributed by atoms with Crippen molar-refractivity contribution < 1.29 is 13.2 Å². The third-order valence-corrected chi connectivity index (χ3v) is 7.12. The molecule has 3 rings (SSSR count). The van der Waals surface area contributed by atoms with Gasteiger partial charge >= 0.3 is 0 Å². The Kier molecular flexibility index (Phi) is 4.46. The van der Waals surface area contributed by atoms with Crippen LogP contribution < -0.4 is 0 Å². The topological polar surface area (TPSA) is 54.5 Å². The van der Waals surface area contributed by atoms with E-state index in [0.29, 0.717) is 15.6 Å². The van der Waals surface area contributed by atoms with Crippen molar-refractivity contribution >= 4 is 66.1 Å². The number of rotatable bonds is 2. The Morgan fingerprint density at radius 1 is 1.41 bits per heavy atom. The maximum Gasteiger partial charge on any atom is 0.266 e. The van der Waals surface area contributed by atoms with Crippen molar-refractivity contribution in [2.45, 2.75) is 12.5 Å². The number of nitrogens with zero attached hydrogens (tertiary/aromatic N) is 1. The molecule has 2 fully saturated rings. The van der Waals surface area contributed by atoms with Crippen LogP contribution in [0.1, 0.15) is 12.0 Å². The van der Waals surface area contributed by atoms with Crippen LogP contribution in [0.2, 0.25) is 0 Å². The zero-order valence-corrected chi connectivity index (χ0v) is 15.4. The second-order valence-corrected chi connectivity index (χ2v) is 9.98. The predicted octanol–water partition coefficient (Wildman–Crippen LogP) is 2.84. The first-order valence-electron chi connectivity index (χ1n) is 6.59. The first kappa shape index (κ1) is 16.2. The van der Waals surface area contributed by atoms with E-state index in [4.69, 9.17) is 12.2 Å². The fourth-order valence-electron chi connectivity index (χ4n) is 2.52. The summed E-state index contributed by atoms with van der Waals surface area (Å²) in [6.07, 6.45) is 2.24. The number of carbonyl (C=O) groups is 1. The number of amides is 1. The first-order chi connectivity index (χ1) is 10.4. The highest BCUT2D eigenvalue weighted by Gasteiger charge is 2.42. The molecule has 22 heavy (non-hydrogen) atoms. The van der Waals surface area contributed by atoms with Gasteiger partial charge < -0.3 is 0 Å². The van der Waals surface area contributed by atoms with Crippen LogP contribution in [0.3, 0.4) is 0 Å². The van der Waals surface area contributed by atoms with Crippen molar-refractivity contribution in [2.75, 3.05) is 11.5 Å². The van der Waals surface area contributed by atoms with Gasteiger partial charge in [0.15, 0.2) is 9.84 Å². The highest BCUT2D eigenvalue weighted by molar-refractivity contribution is 9.10. The number of halogens is 1. The second-order valence-electron chi connectivity index (χ2n) is 5.16. The van der Waals surface area contributed by atoms with E-state index in [9.17, 15) is 13.2 Å². The first-order valence-corrected chi connectivity index (χ1v) is 10.4. The molecule has 116 valence electrons. The van der Waals surface area contributed by atoms with Crippen molar-refractivity contribution in [3.05, 3.63) is 39.2 Å². The Hall–Kier alpha value is -0.700. The zero-order valence-electron chi connectivity index (χ0n) is 11.4. The van der Waals surface area contributed by atoms with Gasteiger partial charge in [-0.3, -0.25) is 9.69 Å². The molecule has 1 amide bonds. The van der Waals surface area contributed by atoms with Crippen LogP contribution in [-0.4, -0.2) is 41.1 Å². The van der Waals surface area contributed by atoms with Gasteiger partial charge in [0, 0.05) is 4.47 Å². The van der Waals surface area contributed by atoms with Gasteiger partial charge in [0.25, 0.3) is 5.91 Å². The number of thioether (sulfide) groups is 1. The molecule has 4 nitrogen and oxygen atoms in total. The van der Waals surface area contributed by atoms with Crippen molar-refractivity contribution in [1.29, 1.82) is 0 Å². The molecule has 1 atom stereocenters. The Bertz CT molecular complexity index is 788. The molecular formula is C14H12BrNO3S3. The van der Waals surface area contributed by atoms with Crippen LogP contribution in [0.5, 0.6) is 0 Å². The maximum absolute atomic E-state index is 12.5. The number of hydrogen-bond donors (Lipinski definition) is 0. The molecule has 2 heterocycles. The van der Waals surface area contributed by atoms with E-state index in [2.05, 4.69) is 15.9 Å². The van der Waals surface area contributed by atoms with Crippen LogP contribution in [0.15, 0.2) is 33.6 Å². The van der Waals surface area contributed by atoms with Gasteiger partial charge in [-0.1, -0.05) is 52.0 Å². The molecule has 1 unspecified atom stereocenters. The minimum atomic E-state index is -3.05. The van der Waals surface area contributed by atoms with Crippen molar-refractivity contribution in [3.63, 3.8) is 0 Å². The number of benzene rings is 1. The lowest BCUT2D eigenvalue weighted by Gasteiger charge is -2.20. The van der Waals surface area contributed by atoms with E-state index in [-0.39, 0.29) is 23.5 Å². The number of sulfone groups is 1. The van der Waals surface area contributed by atoms with Gasteiger partial charge in [-0.2, -0.15) is 0 Å². The zero-order chi connectivity index (χ0) is 15.9. The summed E-state index contributed by atoms with van der Waals surface area (Å²) >= 11 is 9.89. The van der Waals surface area contributed by atoms with E-state index < -0.39 is 9.84 Å². The summed E-state index contributed by atoms with van der Waals surface area (Å²) in [5.74, 6) is -0.0692. The summed E-state index contributed by atoms with van der Waals surface area (Å²) < 4.78 is 24.6. The molecule has 2 aliphatic heterocycles. The molecule has 0 aliphatic carbocycles. The molecule has 1 aromatic rings. The lowest BCUT2D eigenvalue weighted by atomic mass is 10.2. The second kappa shape index (κ2) is 6.07. The molecule has 0 radical (unpaired) electrons. The Morgan fingerprint density at radius 2 is 2.18 bits per heavy atom. The Labute approximate surface area is 147 Å². The highest BCUT2D eigenvalue weighted by Crippen LogP contribution is 2.36. The monoisotopic (exact) mass is 417 g/mol. The average molecular weight is 418 g/mol. The number of carbonyl (C=O) groups excluding carboxylic acids is 1. The molecule has 2 saturated heterocycles. The van der Waals surface area contributed by atoms with Crippen molar-refractivity contribution in [2.24, 2.45) is 0 Å². The summed E-state index contributed by atoms with van der Waals surface area (Å²) in [6, 6.07) is 7.28. The minimum Gasteiger partial charge on any atom is -0.289 e. The molecule has 0 aromatic heterocycles. The summed E-state index contributed by atoms with van der Waals surface area (Å²) in [5.41, 5.74) is 0.897. The van der Waals surface area contributed by atoms with Gasteiger partial charge in [-0.05, 0) is 30.2 Å². The summed E-state index contributed by atoms with van der Waals surface area (Å²) in [7, 11) is -3.05. The lowest BCUT2D eigenvalue weighted by Crippen LogP contribution is -2.39. The van der Waals surface area contributed by atoms with Crippen molar-refractivity contribution in [1.82, 2.24) is 4.90 Å². The van der Waals surface area contributed by atoms with Crippen LogP contribution >= 0.6 is 39.9 Å². The quantitative estimate of drug-likeness (QED) is 0.546. The summed E-state index contributed by atoms with van der Waals surface area (Å²) in [5, 5.41) is 0. The highest BCUT2D eigenvalue weighted by atomic mass is 79.9. The molecule has 0 bridgehead atoms. The lowest BCUT2D eigenvalue weighted by molar-refractivity contribution is -0.123. The largest absolute Gasteiger partial charge is 0.289 e. The smallest absolute Gasteiger partial charge is 0.266 e. The van der Waals surface area contributed by atoms with Gasteiger partial charge in [0.05, 0.1) is 22.5 Å². The van der Waals surface area contributed by atoms with Crippen LogP contribution in [0.4, 0.5) is 0 Å². The Balaban J connectivity index is 1.86. The van der Waals surface area contributed by atoms with E-state index in [1.165, 1.54) is 16.7 Å². The Morgan fingerprint density at radius 3 is 2.82 bits per heavy atom. The van der Waals surface area contributed by atoms with E-state index in [1.54, 1.807) is 6.08 Å². The third-order valence-electron chi connectivity index (χ3n) is 3.54. The maximum atomic E-state index is 12.5. The molecule has 0 N–H and O–H groups in total. The van der Waals surface area contributed by atoms with Gasteiger partial charge in [-0.25, -0.2) is 8.42 Å².